The highest BCUT2D eigenvalue weighted by atomic mass is 32.1. The Hall–Kier alpha value is -2.18. The normalized spacial score (nSPS) is 14.7. The number of carbonyl (C=O) groups is 2. The largest absolute Gasteiger partial charge is 0.350 e. The van der Waals surface area contributed by atoms with Gasteiger partial charge in [0.1, 0.15) is 0 Å². The van der Waals surface area contributed by atoms with E-state index in [1.807, 2.05) is 18.2 Å². The first-order valence-electron chi connectivity index (χ1n) is 9.97. The Morgan fingerprint density at radius 2 is 1.89 bits per heavy atom. The van der Waals surface area contributed by atoms with Crippen LogP contribution in [0.25, 0.3) is 0 Å². The van der Waals surface area contributed by atoms with Crippen LogP contribution in [0.4, 0.5) is 5.69 Å². The Labute approximate surface area is 171 Å². The lowest BCUT2D eigenvalue weighted by molar-refractivity contribution is -0.119. The molecule has 3 rings (SSSR count). The summed E-state index contributed by atoms with van der Waals surface area (Å²) < 4.78 is 0. The minimum Gasteiger partial charge on any atom is -0.350 e. The molecule has 1 atom stereocenters. The number of para-hydroxylation sites is 1. The van der Waals surface area contributed by atoms with Crippen LogP contribution in [-0.4, -0.2) is 43.4 Å². The number of amides is 2. The Bertz CT molecular complexity index is 798. The monoisotopic (exact) mass is 399 g/mol. The van der Waals surface area contributed by atoms with Crippen LogP contribution >= 0.6 is 11.3 Å². The van der Waals surface area contributed by atoms with Crippen LogP contribution in [0.2, 0.25) is 0 Å². The first kappa shape index (κ1) is 20.6. The van der Waals surface area contributed by atoms with Gasteiger partial charge in [0.2, 0.25) is 5.91 Å². The van der Waals surface area contributed by atoms with Gasteiger partial charge in [0.05, 0.1) is 17.3 Å². The molecular weight excluding hydrogens is 370 g/mol. The highest BCUT2D eigenvalue weighted by Gasteiger charge is 2.33. The number of anilines is 1. The van der Waals surface area contributed by atoms with Gasteiger partial charge in [-0.25, -0.2) is 0 Å². The van der Waals surface area contributed by atoms with Crippen LogP contribution in [0.3, 0.4) is 0 Å². The van der Waals surface area contributed by atoms with Crippen LogP contribution in [-0.2, 0) is 4.79 Å². The second-order valence-corrected chi connectivity index (χ2v) is 7.97. The molecule has 0 radical (unpaired) electrons. The van der Waals surface area contributed by atoms with Crippen LogP contribution in [0.1, 0.15) is 48.7 Å². The number of nitrogens with zero attached hydrogens (tertiary/aromatic N) is 2. The van der Waals surface area contributed by atoms with Gasteiger partial charge >= 0.3 is 0 Å². The van der Waals surface area contributed by atoms with Crippen molar-refractivity contribution in [3.05, 3.63) is 52.2 Å². The van der Waals surface area contributed by atoms with Crippen molar-refractivity contribution in [3.63, 3.8) is 0 Å². The van der Waals surface area contributed by atoms with Crippen LogP contribution in [0, 0.1) is 5.92 Å². The number of thiophene rings is 1. The highest BCUT2D eigenvalue weighted by Crippen LogP contribution is 2.33. The summed E-state index contributed by atoms with van der Waals surface area (Å²) in [7, 11) is 1.76. The fourth-order valence-corrected chi connectivity index (χ4v) is 4.26. The van der Waals surface area contributed by atoms with E-state index in [2.05, 4.69) is 40.9 Å². The lowest BCUT2D eigenvalue weighted by Crippen LogP contribution is -2.38. The van der Waals surface area contributed by atoms with Gasteiger partial charge in [-0.05, 0) is 60.5 Å². The lowest BCUT2D eigenvalue weighted by Gasteiger charge is -2.29. The molecule has 1 aromatic carbocycles. The molecule has 0 spiro atoms. The van der Waals surface area contributed by atoms with E-state index in [1.165, 1.54) is 5.56 Å². The summed E-state index contributed by atoms with van der Waals surface area (Å²) in [4.78, 5) is 29.4. The first-order chi connectivity index (χ1) is 13.6. The highest BCUT2D eigenvalue weighted by molar-refractivity contribution is 7.08. The van der Waals surface area contributed by atoms with Crippen molar-refractivity contribution in [2.75, 3.05) is 31.6 Å². The lowest BCUT2D eigenvalue weighted by atomic mass is 10.1. The molecule has 28 heavy (non-hydrogen) atoms. The van der Waals surface area contributed by atoms with Gasteiger partial charge in [-0.2, -0.15) is 11.3 Å². The molecule has 0 aliphatic heterocycles. The van der Waals surface area contributed by atoms with Crippen LogP contribution < -0.4 is 10.2 Å². The Kier molecular flexibility index (Phi) is 6.86. The van der Waals surface area contributed by atoms with Gasteiger partial charge in [-0.3, -0.25) is 14.5 Å². The molecule has 1 fully saturated rings. The molecule has 150 valence electrons. The van der Waals surface area contributed by atoms with E-state index < -0.39 is 0 Å². The minimum atomic E-state index is -0.140. The van der Waals surface area contributed by atoms with Crippen molar-refractivity contribution in [3.8, 4) is 0 Å². The number of hydrogen-bond acceptors (Lipinski definition) is 4. The second-order valence-electron chi connectivity index (χ2n) is 7.19. The predicted octanol–water partition coefficient (Wildman–Crippen LogP) is 3.93. The number of benzene rings is 1. The van der Waals surface area contributed by atoms with E-state index >= 15 is 0 Å². The molecule has 1 unspecified atom stereocenters. The molecule has 0 saturated heterocycles. The zero-order chi connectivity index (χ0) is 20.1. The van der Waals surface area contributed by atoms with Gasteiger partial charge in [-0.15, -0.1) is 0 Å². The summed E-state index contributed by atoms with van der Waals surface area (Å²) >= 11 is 1.67. The van der Waals surface area contributed by atoms with Gasteiger partial charge in [0.25, 0.3) is 5.91 Å². The van der Waals surface area contributed by atoms with Crippen LogP contribution in [0.5, 0.6) is 0 Å². The van der Waals surface area contributed by atoms with E-state index in [0.29, 0.717) is 17.8 Å². The summed E-state index contributed by atoms with van der Waals surface area (Å²) in [5.74, 6) is 0.0738. The third kappa shape index (κ3) is 4.62. The number of likely N-dealkylation sites (N-methyl/N-ethyl adjacent to an activating group) is 1. The van der Waals surface area contributed by atoms with E-state index in [4.69, 9.17) is 0 Å². The van der Waals surface area contributed by atoms with E-state index in [-0.39, 0.29) is 23.8 Å². The van der Waals surface area contributed by atoms with Gasteiger partial charge < -0.3 is 10.2 Å². The smallest absolute Gasteiger partial charge is 0.253 e. The quantitative estimate of drug-likeness (QED) is 0.695. The molecule has 1 aliphatic carbocycles. The molecule has 1 heterocycles. The predicted molar refractivity (Wildman–Crippen MR) is 115 cm³/mol. The van der Waals surface area contributed by atoms with Gasteiger partial charge in [0.15, 0.2) is 0 Å². The van der Waals surface area contributed by atoms with Gasteiger partial charge in [-0.1, -0.05) is 26.0 Å². The molecule has 6 heteroatoms. The topological polar surface area (TPSA) is 52.7 Å². The summed E-state index contributed by atoms with van der Waals surface area (Å²) in [6, 6.07) is 9.61. The summed E-state index contributed by atoms with van der Waals surface area (Å²) in [5, 5.41) is 7.32. The number of rotatable bonds is 9. The maximum Gasteiger partial charge on any atom is 0.253 e. The SMILES string of the molecule is CCN(CC)C(CNC(=O)c1ccccc1N(C)C(=O)C1CC1)c1ccsc1. The maximum absolute atomic E-state index is 13.0. The molecule has 1 N–H and O–H groups in total. The Morgan fingerprint density at radius 1 is 1.18 bits per heavy atom. The first-order valence-corrected chi connectivity index (χ1v) is 10.9. The van der Waals surface area contributed by atoms with Crippen molar-refractivity contribution in [1.29, 1.82) is 0 Å². The van der Waals surface area contributed by atoms with E-state index in [1.54, 1.807) is 29.4 Å². The third-order valence-corrected chi connectivity index (χ3v) is 6.11. The average Bonchev–Trinajstić information content (AvgIpc) is 3.44. The average molecular weight is 400 g/mol. The molecule has 5 nitrogen and oxygen atoms in total. The minimum absolute atomic E-state index is 0.0968. The molecular formula is C22H29N3O2S. The second kappa shape index (κ2) is 9.34. The maximum atomic E-state index is 13.0. The Morgan fingerprint density at radius 3 is 2.50 bits per heavy atom. The number of hydrogen-bond donors (Lipinski definition) is 1. The van der Waals surface area contributed by atoms with Crippen molar-refractivity contribution < 1.29 is 9.59 Å². The molecule has 2 aromatic rings. The molecule has 0 bridgehead atoms. The van der Waals surface area contributed by atoms with Crippen molar-refractivity contribution in [2.24, 2.45) is 5.92 Å². The van der Waals surface area contributed by atoms with E-state index in [9.17, 15) is 9.59 Å². The van der Waals surface area contributed by atoms with Crippen molar-refractivity contribution in [2.45, 2.75) is 32.7 Å². The number of carbonyl (C=O) groups excluding carboxylic acids is 2. The number of nitrogens with one attached hydrogen (secondary N) is 1. The molecule has 2 amide bonds. The fraction of sp³-hybridized carbons (Fsp3) is 0.455. The zero-order valence-corrected chi connectivity index (χ0v) is 17.7. The third-order valence-electron chi connectivity index (χ3n) is 5.40. The van der Waals surface area contributed by atoms with Crippen molar-refractivity contribution in [1.82, 2.24) is 10.2 Å². The van der Waals surface area contributed by atoms with Gasteiger partial charge in [0, 0.05) is 19.5 Å². The van der Waals surface area contributed by atoms with Crippen LogP contribution in [0.15, 0.2) is 41.1 Å². The zero-order valence-electron chi connectivity index (χ0n) is 16.9. The van der Waals surface area contributed by atoms with E-state index in [0.717, 1.165) is 25.9 Å². The summed E-state index contributed by atoms with van der Waals surface area (Å²) in [6.07, 6.45) is 1.90. The summed E-state index contributed by atoms with van der Waals surface area (Å²) in [6.45, 7) is 6.65. The molecule has 1 aliphatic rings. The Balaban J connectivity index is 1.74. The standard InChI is InChI=1S/C22H29N3O2S/c1-4-25(5-2)20(17-12-13-28-15-17)14-23-21(26)18-8-6-7-9-19(18)24(3)22(27)16-10-11-16/h6-9,12-13,15-16,20H,4-5,10-11,14H2,1-3H3,(H,23,26). The van der Waals surface area contributed by atoms with Crippen molar-refractivity contribution >= 4 is 28.8 Å². The fourth-order valence-electron chi connectivity index (χ4n) is 3.55. The molecule has 1 saturated carbocycles. The summed E-state index contributed by atoms with van der Waals surface area (Å²) in [5.41, 5.74) is 2.44. The molecule has 1 aromatic heterocycles.